The van der Waals surface area contributed by atoms with Crippen LogP contribution in [0.2, 0.25) is 0 Å². The summed E-state index contributed by atoms with van der Waals surface area (Å²) in [4.78, 5) is 26.4. The molecule has 0 atom stereocenters. The fraction of sp³-hybridized carbons (Fsp3) is 0.167. The van der Waals surface area contributed by atoms with Crippen molar-refractivity contribution in [1.29, 1.82) is 0 Å². The van der Waals surface area contributed by atoms with Gasteiger partial charge in [0.1, 0.15) is 0 Å². The lowest BCUT2D eigenvalue weighted by Gasteiger charge is -2.17. The molecule has 0 saturated carbocycles. The number of amides is 3. The summed E-state index contributed by atoms with van der Waals surface area (Å²) < 4.78 is 0. The normalized spacial score (nSPS) is 14.4. The number of benzene rings is 3. The Morgan fingerprint density at radius 3 is 2.62 bits per heavy atom. The van der Waals surface area contributed by atoms with Gasteiger partial charge in [0.05, 0.1) is 0 Å². The zero-order valence-corrected chi connectivity index (χ0v) is 16.2. The molecule has 0 bridgehead atoms. The number of hydrogen-bond donors (Lipinski definition) is 2. The molecule has 0 spiro atoms. The number of fused-ring (bicyclic) bond motifs is 3. The fourth-order valence-corrected chi connectivity index (χ4v) is 4.23. The van der Waals surface area contributed by atoms with Crippen LogP contribution in [0.25, 0.3) is 11.1 Å². The van der Waals surface area contributed by atoms with Crippen LogP contribution in [0.5, 0.6) is 0 Å². The van der Waals surface area contributed by atoms with E-state index in [4.69, 9.17) is 0 Å². The molecule has 3 aromatic carbocycles. The Bertz CT molecular complexity index is 1150. The van der Waals surface area contributed by atoms with Crippen LogP contribution in [0.4, 0.5) is 16.2 Å². The summed E-state index contributed by atoms with van der Waals surface area (Å²) in [7, 11) is 0. The lowest BCUT2D eigenvalue weighted by Crippen LogP contribution is -2.28. The predicted octanol–water partition coefficient (Wildman–Crippen LogP) is 4.35. The lowest BCUT2D eigenvalue weighted by molar-refractivity contribution is 0.102. The molecule has 144 valence electrons. The van der Waals surface area contributed by atoms with Crippen LogP contribution in [0.3, 0.4) is 0 Å². The molecule has 29 heavy (non-hydrogen) atoms. The van der Waals surface area contributed by atoms with Crippen molar-refractivity contribution in [2.24, 2.45) is 0 Å². The quantitative estimate of drug-likeness (QED) is 0.553. The van der Waals surface area contributed by atoms with Crippen molar-refractivity contribution in [1.82, 2.24) is 5.32 Å². The molecule has 1 fully saturated rings. The van der Waals surface area contributed by atoms with Gasteiger partial charge in [-0.2, -0.15) is 0 Å². The van der Waals surface area contributed by atoms with Crippen LogP contribution in [-0.4, -0.2) is 25.0 Å². The van der Waals surface area contributed by atoms with Gasteiger partial charge >= 0.3 is 6.03 Å². The van der Waals surface area contributed by atoms with E-state index in [2.05, 4.69) is 47.0 Å². The highest BCUT2D eigenvalue weighted by Crippen LogP contribution is 2.37. The minimum atomic E-state index is -0.152. The Morgan fingerprint density at radius 2 is 1.83 bits per heavy atom. The van der Waals surface area contributed by atoms with Crippen molar-refractivity contribution in [3.05, 3.63) is 82.9 Å². The molecular formula is C24H21N3O2. The molecule has 2 N–H and O–H groups in total. The van der Waals surface area contributed by atoms with Gasteiger partial charge in [-0.3, -0.25) is 9.69 Å². The predicted molar refractivity (Wildman–Crippen MR) is 115 cm³/mol. The molecule has 1 heterocycles. The molecule has 3 amide bonds. The van der Waals surface area contributed by atoms with Gasteiger partial charge in [0.15, 0.2) is 0 Å². The number of nitrogens with zero attached hydrogens (tertiary/aromatic N) is 1. The highest BCUT2D eigenvalue weighted by atomic mass is 16.2. The SMILES string of the molecule is Cc1cc(C(=O)Nc2ccc3c(c2)Cc2ccccc2-3)ccc1N1CCNC1=O. The number of aryl methyl sites for hydroxylation is 1. The van der Waals surface area contributed by atoms with Crippen molar-refractivity contribution in [3.8, 4) is 11.1 Å². The summed E-state index contributed by atoms with van der Waals surface area (Å²) >= 11 is 0. The molecular weight excluding hydrogens is 362 g/mol. The molecule has 5 nitrogen and oxygen atoms in total. The van der Waals surface area contributed by atoms with Crippen LogP contribution in [0.1, 0.15) is 27.0 Å². The standard InChI is InChI=1S/C24H21N3O2/c1-15-12-17(6-9-22(15)27-11-10-25-24(27)29)23(28)26-19-7-8-21-18(14-19)13-16-4-2-3-5-20(16)21/h2-9,12,14H,10-11,13H2,1H3,(H,25,29)(H,26,28). The average molecular weight is 383 g/mol. The third-order valence-corrected chi connectivity index (χ3v) is 5.66. The summed E-state index contributed by atoms with van der Waals surface area (Å²) in [6.45, 7) is 3.20. The van der Waals surface area contributed by atoms with Gasteiger partial charge in [0, 0.05) is 30.0 Å². The highest BCUT2D eigenvalue weighted by molar-refractivity contribution is 6.05. The second-order valence-corrected chi connectivity index (χ2v) is 7.54. The number of carbonyl (C=O) groups is 2. The van der Waals surface area contributed by atoms with Crippen LogP contribution in [0.15, 0.2) is 60.7 Å². The fourth-order valence-electron chi connectivity index (χ4n) is 4.23. The number of carbonyl (C=O) groups excluding carboxylic acids is 2. The molecule has 0 radical (unpaired) electrons. The molecule has 1 aliphatic heterocycles. The van der Waals surface area contributed by atoms with E-state index in [0.717, 1.165) is 23.4 Å². The van der Waals surface area contributed by atoms with Crippen molar-refractivity contribution in [2.75, 3.05) is 23.3 Å². The number of hydrogen-bond acceptors (Lipinski definition) is 2. The Kier molecular flexibility index (Phi) is 4.09. The van der Waals surface area contributed by atoms with Crippen molar-refractivity contribution < 1.29 is 9.59 Å². The van der Waals surface area contributed by atoms with E-state index in [1.807, 2.05) is 25.1 Å². The smallest absolute Gasteiger partial charge is 0.322 e. The zero-order valence-electron chi connectivity index (χ0n) is 16.2. The summed E-state index contributed by atoms with van der Waals surface area (Å²) in [6.07, 6.45) is 0.890. The number of nitrogens with one attached hydrogen (secondary N) is 2. The Hall–Kier alpha value is -3.60. The molecule has 1 saturated heterocycles. The third kappa shape index (κ3) is 3.05. The van der Waals surface area contributed by atoms with Crippen LogP contribution < -0.4 is 15.5 Å². The maximum atomic E-state index is 12.8. The average Bonchev–Trinajstić information content (AvgIpc) is 3.30. The topological polar surface area (TPSA) is 61.4 Å². The maximum Gasteiger partial charge on any atom is 0.322 e. The molecule has 5 heteroatoms. The summed E-state index contributed by atoms with van der Waals surface area (Å²) in [5.41, 5.74) is 8.18. The third-order valence-electron chi connectivity index (χ3n) is 5.66. The maximum absolute atomic E-state index is 12.8. The lowest BCUT2D eigenvalue weighted by atomic mass is 10.1. The first-order valence-electron chi connectivity index (χ1n) is 9.79. The largest absolute Gasteiger partial charge is 0.336 e. The van der Waals surface area contributed by atoms with Gasteiger partial charge in [-0.25, -0.2) is 4.79 Å². The second kappa shape index (κ2) is 6.78. The minimum Gasteiger partial charge on any atom is -0.336 e. The van der Waals surface area contributed by atoms with E-state index in [-0.39, 0.29) is 11.9 Å². The van der Waals surface area contributed by atoms with E-state index in [0.29, 0.717) is 18.7 Å². The first kappa shape index (κ1) is 17.5. The van der Waals surface area contributed by atoms with E-state index < -0.39 is 0 Å². The number of rotatable bonds is 3. The summed E-state index contributed by atoms with van der Waals surface area (Å²) in [5.74, 6) is -0.152. The molecule has 2 aliphatic rings. The Balaban J connectivity index is 1.35. The first-order valence-corrected chi connectivity index (χ1v) is 9.79. The van der Waals surface area contributed by atoms with Crippen LogP contribution in [-0.2, 0) is 6.42 Å². The van der Waals surface area contributed by atoms with Crippen LogP contribution in [0, 0.1) is 6.92 Å². The highest BCUT2D eigenvalue weighted by Gasteiger charge is 2.23. The second-order valence-electron chi connectivity index (χ2n) is 7.54. The van der Waals surface area contributed by atoms with Gasteiger partial charge in [-0.15, -0.1) is 0 Å². The Labute approximate surface area is 169 Å². The van der Waals surface area contributed by atoms with Gasteiger partial charge in [0.2, 0.25) is 0 Å². The van der Waals surface area contributed by atoms with E-state index in [1.165, 1.54) is 22.3 Å². The Morgan fingerprint density at radius 1 is 1.00 bits per heavy atom. The number of urea groups is 1. The van der Waals surface area contributed by atoms with Crippen LogP contribution >= 0.6 is 0 Å². The monoisotopic (exact) mass is 383 g/mol. The molecule has 0 aromatic heterocycles. The van der Waals surface area contributed by atoms with Gasteiger partial charge in [-0.1, -0.05) is 30.3 Å². The van der Waals surface area contributed by atoms with Gasteiger partial charge in [-0.05, 0) is 71.5 Å². The minimum absolute atomic E-state index is 0.0931. The van der Waals surface area contributed by atoms with Crippen molar-refractivity contribution in [2.45, 2.75) is 13.3 Å². The van der Waals surface area contributed by atoms with Crippen molar-refractivity contribution in [3.63, 3.8) is 0 Å². The van der Waals surface area contributed by atoms with E-state index in [9.17, 15) is 9.59 Å². The number of anilines is 2. The van der Waals surface area contributed by atoms with E-state index >= 15 is 0 Å². The zero-order chi connectivity index (χ0) is 20.0. The summed E-state index contributed by atoms with van der Waals surface area (Å²) in [6, 6.07) is 19.9. The molecule has 1 aliphatic carbocycles. The molecule has 5 rings (SSSR count). The van der Waals surface area contributed by atoms with Gasteiger partial charge < -0.3 is 10.6 Å². The molecule has 0 unspecified atom stereocenters. The molecule has 3 aromatic rings. The van der Waals surface area contributed by atoms with E-state index in [1.54, 1.807) is 11.0 Å². The van der Waals surface area contributed by atoms with Crippen molar-refractivity contribution >= 4 is 23.3 Å². The first-order chi connectivity index (χ1) is 14.1. The van der Waals surface area contributed by atoms with Gasteiger partial charge in [0.25, 0.3) is 5.91 Å². The summed E-state index contributed by atoms with van der Waals surface area (Å²) in [5, 5.41) is 5.81.